The third-order valence-corrected chi connectivity index (χ3v) is 5.16. The fraction of sp³-hybridized carbons (Fsp3) is 0.364. The Kier molecular flexibility index (Phi) is 5.87. The Balaban J connectivity index is 1.81. The van der Waals surface area contributed by atoms with Crippen LogP contribution >= 0.6 is 0 Å². The number of aryl methyl sites for hydroxylation is 2. The molecule has 0 aromatic heterocycles. The van der Waals surface area contributed by atoms with E-state index in [0.29, 0.717) is 23.7 Å². The molecule has 148 valence electrons. The molecular weight excluding hydrogens is 356 g/mol. The highest BCUT2D eigenvalue weighted by Gasteiger charge is 2.36. The SMILES string of the molecule is CCc1cccc(C)c1NC(=O)C1CC(=O)N(c2cc(OC)ccc2OC)C1. The highest BCUT2D eigenvalue weighted by molar-refractivity contribution is 6.04. The molecule has 0 bridgehead atoms. The minimum absolute atomic E-state index is 0.104. The van der Waals surface area contributed by atoms with Gasteiger partial charge >= 0.3 is 0 Å². The Hall–Kier alpha value is -3.02. The van der Waals surface area contributed by atoms with Crippen molar-refractivity contribution in [2.24, 2.45) is 5.92 Å². The summed E-state index contributed by atoms with van der Waals surface area (Å²) in [4.78, 5) is 27.1. The van der Waals surface area contributed by atoms with Crippen LogP contribution in [-0.4, -0.2) is 32.6 Å². The van der Waals surface area contributed by atoms with Crippen molar-refractivity contribution in [1.82, 2.24) is 0 Å². The molecule has 6 nitrogen and oxygen atoms in total. The van der Waals surface area contributed by atoms with Crippen molar-refractivity contribution < 1.29 is 19.1 Å². The number of nitrogens with one attached hydrogen (secondary N) is 1. The van der Waals surface area contributed by atoms with Crippen LogP contribution in [0.15, 0.2) is 36.4 Å². The molecule has 1 heterocycles. The molecule has 2 amide bonds. The lowest BCUT2D eigenvalue weighted by atomic mass is 10.0. The monoisotopic (exact) mass is 382 g/mol. The highest BCUT2D eigenvalue weighted by atomic mass is 16.5. The van der Waals surface area contributed by atoms with Crippen LogP contribution in [0.25, 0.3) is 0 Å². The van der Waals surface area contributed by atoms with Gasteiger partial charge in [-0.3, -0.25) is 9.59 Å². The molecule has 1 unspecified atom stereocenters. The van der Waals surface area contributed by atoms with Crippen LogP contribution in [0, 0.1) is 12.8 Å². The fourth-order valence-corrected chi connectivity index (χ4v) is 3.55. The maximum absolute atomic E-state index is 12.9. The van der Waals surface area contributed by atoms with E-state index in [2.05, 4.69) is 12.2 Å². The van der Waals surface area contributed by atoms with E-state index in [1.165, 1.54) is 0 Å². The van der Waals surface area contributed by atoms with Crippen LogP contribution in [0.3, 0.4) is 0 Å². The summed E-state index contributed by atoms with van der Waals surface area (Å²) in [5.74, 6) is 0.535. The van der Waals surface area contributed by atoms with Crippen molar-refractivity contribution in [3.63, 3.8) is 0 Å². The molecule has 2 aromatic rings. The average Bonchev–Trinajstić information content (AvgIpc) is 3.10. The molecule has 2 aromatic carbocycles. The number of hydrogen-bond donors (Lipinski definition) is 1. The first-order valence-electron chi connectivity index (χ1n) is 9.40. The van der Waals surface area contributed by atoms with E-state index >= 15 is 0 Å². The minimum Gasteiger partial charge on any atom is -0.497 e. The first kappa shape index (κ1) is 19.7. The van der Waals surface area contributed by atoms with Gasteiger partial charge < -0.3 is 19.7 Å². The van der Waals surface area contributed by atoms with Gasteiger partial charge in [-0.25, -0.2) is 0 Å². The van der Waals surface area contributed by atoms with Crippen LogP contribution in [0.1, 0.15) is 24.5 Å². The van der Waals surface area contributed by atoms with Crippen LogP contribution < -0.4 is 19.7 Å². The summed E-state index contributed by atoms with van der Waals surface area (Å²) in [6, 6.07) is 11.3. The Morgan fingerprint density at radius 3 is 2.68 bits per heavy atom. The van der Waals surface area contributed by atoms with E-state index in [1.807, 2.05) is 25.1 Å². The fourth-order valence-electron chi connectivity index (χ4n) is 3.55. The maximum atomic E-state index is 12.9. The Labute approximate surface area is 165 Å². The van der Waals surface area contributed by atoms with Crippen molar-refractivity contribution in [1.29, 1.82) is 0 Å². The summed E-state index contributed by atoms with van der Waals surface area (Å²) in [6.45, 7) is 4.34. The summed E-state index contributed by atoms with van der Waals surface area (Å²) in [5.41, 5.74) is 3.57. The van der Waals surface area contributed by atoms with Gasteiger partial charge in [0.2, 0.25) is 11.8 Å². The van der Waals surface area contributed by atoms with Crippen LogP contribution in [0.5, 0.6) is 11.5 Å². The molecule has 1 aliphatic rings. The predicted molar refractivity (Wildman–Crippen MR) is 109 cm³/mol. The Bertz CT molecular complexity index is 894. The largest absolute Gasteiger partial charge is 0.497 e. The molecule has 6 heteroatoms. The van der Waals surface area contributed by atoms with Crippen molar-refractivity contribution in [2.45, 2.75) is 26.7 Å². The van der Waals surface area contributed by atoms with Gasteiger partial charge in [0.25, 0.3) is 0 Å². The number of amides is 2. The third-order valence-electron chi connectivity index (χ3n) is 5.16. The lowest BCUT2D eigenvalue weighted by molar-refractivity contribution is -0.122. The van der Waals surface area contributed by atoms with Crippen molar-refractivity contribution in [3.8, 4) is 11.5 Å². The second kappa shape index (κ2) is 8.33. The number of para-hydroxylation sites is 1. The molecule has 0 radical (unpaired) electrons. The maximum Gasteiger partial charge on any atom is 0.229 e. The molecule has 1 saturated heterocycles. The molecule has 1 aliphatic heterocycles. The molecule has 3 rings (SSSR count). The van der Waals surface area contributed by atoms with Crippen LogP contribution in [0.2, 0.25) is 0 Å². The zero-order valence-electron chi connectivity index (χ0n) is 16.7. The molecule has 28 heavy (non-hydrogen) atoms. The number of nitrogens with zero attached hydrogens (tertiary/aromatic N) is 1. The number of carbonyl (C=O) groups is 2. The molecule has 0 saturated carbocycles. The van der Waals surface area contributed by atoms with Crippen molar-refractivity contribution >= 4 is 23.2 Å². The lowest BCUT2D eigenvalue weighted by Crippen LogP contribution is -2.28. The molecule has 1 N–H and O–H groups in total. The molecular formula is C22H26N2O4. The predicted octanol–water partition coefficient (Wildman–Crippen LogP) is 3.57. The number of carbonyl (C=O) groups excluding carboxylic acids is 2. The van der Waals surface area contributed by atoms with Gasteiger partial charge in [0.15, 0.2) is 0 Å². The van der Waals surface area contributed by atoms with E-state index in [1.54, 1.807) is 37.3 Å². The smallest absolute Gasteiger partial charge is 0.229 e. The Morgan fingerprint density at radius 2 is 2.00 bits per heavy atom. The van der Waals surface area contributed by atoms with Gasteiger partial charge in [-0.1, -0.05) is 25.1 Å². The highest BCUT2D eigenvalue weighted by Crippen LogP contribution is 2.36. The average molecular weight is 382 g/mol. The number of ether oxygens (including phenoxy) is 2. The molecule has 0 spiro atoms. The summed E-state index contributed by atoms with van der Waals surface area (Å²) >= 11 is 0. The second-order valence-electron chi connectivity index (χ2n) is 6.90. The first-order valence-corrected chi connectivity index (χ1v) is 9.40. The third kappa shape index (κ3) is 3.81. The second-order valence-corrected chi connectivity index (χ2v) is 6.90. The summed E-state index contributed by atoms with van der Waals surface area (Å²) in [5, 5.41) is 3.04. The topological polar surface area (TPSA) is 67.9 Å². The minimum atomic E-state index is -0.423. The number of anilines is 2. The van der Waals surface area contributed by atoms with E-state index < -0.39 is 5.92 Å². The van der Waals surface area contributed by atoms with E-state index in [4.69, 9.17) is 9.47 Å². The van der Waals surface area contributed by atoms with Gasteiger partial charge in [0.1, 0.15) is 11.5 Å². The van der Waals surface area contributed by atoms with E-state index in [0.717, 1.165) is 23.2 Å². The number of hydrogen-bond acceptors (Lipinski definition) is 4. The quantitative estimate of drug-likeness (QED) is 0.829. The van der Waals surface area contributed by atoms with Gasteiger partial charge in [-0.2, -0.15) is 0 Å². The molecule has 1 atom stereocenters. The molecule has 0 aliphatic carbocycles. The van der Waals surface area contributed by atoms with Gasteiger partial charge in [-0.05, 0) is 36.6 Å². The van der Waals surface area contributed by atoms with Gasteiger partial charge in [0, 0.05) is 24.7 Å². The van der Waals surface area contributed by atoms with Gasteiger partial charge in [-0.15, -0.1) is 0 Å². The van der Waals surface area contributed by atoms with Crippen LogP contribution in [-0.2, 0) is 16.0 Å². The summed E-state index contributed by atoms with van der Waals surface area (Å²) < 4.78 is 10.7. The lowest BCUT2D eigenvalue weighted by Gasteiger charge is -2.20. The first-order chi connectivity index (χ1) is 13.5. The van der Waals surface area contributed by atoms with Gasteiger partial charge in [0.05, 0.1) is 25.8 Å². The zero-order chi connectivity index (χ0) is 20.3. The number of rotatable bonds is 6. The van der Waals surface area contributed by atoms with Crippen molar-refractivity contribution in [2.75, 3.05) is 31.0 Å². The number of methoxy groups -OCH3 is 2. The summed E-state index contributed by atoms with van der Waals surface area (Å²) in [6.07, 6.45) is 0.994. The van der Waals surface area contributed by atoms with E-state index in [9.17, 15) is 9.59 Å². The summed E-state index contributed by atoms with van der Waals surface area (Å²) in [7, 11) is 3.13. The van der Waals surface area contributed by atoms with Crippen molar-refractivity contribution in [3.05, 3.63) is 47.5 Å². The zero-order valence-corrected chi connectivity index (χ0v) is 16.7. The van der Waals surface area contributed by atoms with E-state index in [-0.39, 0.29) is 18.2 Å². The number of benzene rings is 2. The standard InChI is InChI=1S/C22H26N2O4/c1-5-15-8-6-7-14(2)21(15)23-22(26)16-11-20(25)24(13-16)18-12-17(27-3)9-10-19(18)28-4/h6-10,12,16H,5,11,13H2,1-4H3,(H,23,26). The Morgan fingerprint density at radius 1 is 1.21 bits per heavy atom. The normalized spacial score (nSPS) is 16.2. The van der Waals surface area contributed by atoms with Crippen LogP contribution in [0.4, 0.5) is 11.4 Å². The molecule has 1 fully saturated rings.